The predicted molar refractivity (Wildman–Crippen MR) is 72.6 cm³/mol. The van der Waals surface area contributed by atoms with E-state index >= 15 is 0 Å². The van der Waals surface area contributed by atoms with Crippen LogP contribution < -0.4 is 5.32 Å². The summed E-state index contributed by atoms with van der Waals surface area (Å²) in [6.45, 7) is 3.93. The number of rotatable bonds is 4. The third kappa shape index (κ3) is 2.90. The normalized spacial score (nSPS) is 10.6. The van der Waals surface area contributed by atoms with Crippen molar-refractivity contribution in [2.75, 3.05) is 6.54 Å². The van der Waals surface area contributed by atoms with Crippen LogP contribution in [0, 0.1) is 0 Å². The first-order valence-corrected chi connectivity index (χ1v) is 6.88. The molecule has 4 heteroatoms. The maximum Gasteiger partial charge on any atom is 0.107 e. The van der Waals surface area contributed by atoms with E-state index in [4.69, 9.17) is 0 Å². The standard InChI is InChI=1S/C12H13BrN2S/c1-2-14-7-12-15-11(8-16-12)9-4-3-5-10(13)6-9/h3-6,8,14H,2,7H2,1H3. The van der Waals surface area contributed by atoms with E-state index in [9.17, 15) is 0 Å². The van der Waals surface area contributed by atoms with Crippen LogP contribution in [-0.2, 0) is 6.54 Å². The van der Waals surface area contributed by atoms with Gasteiger partial charge in [-0.15, -0.1) is 11.3 Å². The highest BCUT2D eigenvalue weighted by Crippen LogP contribution is 2.24. The molecule has 0 atom stereocenters. The van der Waals surface area contributed by atoms with Crippen LogP contribution in [0.4, 0.5) is 0 Å². The van der Waals surface area contributed by atoms with Gasteiger partial charge in [-0.2, -0.15) is 0 Å². The number of nitrogens with one attached hydrogen (secondary N) is 1. The molecule has 84 valence electrons. The molecule has 0 aliphatic heterocycles. The fourth-order valence-corrected chi connectivity index (χ4v) is 2.58. The van der Waals surface area contributed by atoms with Gasteiger partial charge in [0.05, 0.1) is 5.69 Å². The molecule has 0 amide bonds. The predicted octanol–water partition coefficient (Wildman–Crippen LogP) is 3.68. The summed E-state index contributed by atoms with van der Waals surface area (Å²) in [6, 6.07) is 8.22. The zero-order valence-electron chi connectivity index (χ0n) is 9.03. The van der Waals surface area contributed by atoms with Crippen molar-refractivity contribution in [2.24, 2.45) is 0 Å². The zero-order valence-corrected chi connectivity index (χ0v) is 11.4. The van der Waals surface area contributed by atoms with E-state index in [1.54, 1.807) is 11.3 Å². The largest absolute Gasteiger partial charge is 0.311 e. The van der Waals surface area contributed by atoms with E-state index in [-0.39, 0.29) is 0 Å². The molecule has 1 heterocycles. The summed E-state index contributed by atoms with van der Waals surface area (Å²) < 4.78 is 1.09. The van der Waals surface area contributed by atoms with Crippen molar-refractivity contribution in [2.45, 2.75) is 13.5 Å². The Bertz CT molecular complexity index is 468. The molecule has 0 radical (unpaired) electrons. The Labute approximate surface area is 108 Å². The van der Waals surface area contributed by atoms with E-state index in [2.05, 4.69) is 50.7 Å². The lowest BCUT2D eigenvalue weighted by atomic mass is 10.2. The number of hydrogen-bond acceptors (Lipinski definition) is 3. The van der Waals surface area contributed by atoms with Crippen LogP contribution in [0.2, 0.25) is 0 Å². The van der Waals surface area contributed by atoms with E-state index in [1.165, 1.54) is 0 Å². The van der Waals surface area contributed by atoms with E-state index in [1.807, 2.05) is 12.1 Å². The fraction of sp³-hybridized carbons (Fsp3) is 0.250. The summed E-state index contributed by atoms with van der Waals surface area (Å²) in [7, 11) is 0. The number of hydrogen-bond donors (Lipinski definition) is 1. The average molecular weight is 297 g/mol. The third-order valence-corrected chi connectivity index (χ3v) is 3.54. The third-order valence-electron chi connectivity index (χ3n) is 2.20. The van der Waals surface area contributed by atoms with Crippen molar-refractivity contribution in [3.63, 3.8) is 0 Å². The van der Waals surface area contributed by atoms with Gasteiger partial charge in [0.2, 0.25) is 0 Å². The summed E-state index contributed by atoms with van der Waals surface area (Å²) >= 11 is 5.17. The highest BCUT2D eigenvalue weighted by atomic mass is 79.9. The van der Waals surface area contributed by atoms with Crippen LogP contribution in [0.15, 0.2) is 34.1 Å². The number of thiazole rings is 1. The van der Waals surface area contributed by atoms with E-state index in [0.29, 0.717) is 0 Å². The van der Waals surface area contributed by atoms with Gasteiger partial charge in [-0.05, 0) is 18.7 Å². The van der Waals surface area contributed by atoms with Crippen molar-refractivity contribution in [1.82, 2.24) is 10.3 Å². The molecule has 2 rings (SSSR count). The molecule has 0 aliphatic rings. The Morgan fingerprint density at radius 3 is 3.06 bits per heavy atom. The van der Waals surface area contributed by atoms with Crippen molar-refractivity contribution < 1.29 is 0 Å². The first-order valence-electron chi connectivity index (χ1n) is 5.20. The molecule has 0 saturated heterocycles. The van der Waals surface area contributed by atoms with Crippen LogP contribution in [0.25, 0.3) is 11.3 Å². The number of halogens is 1. The lowest BCUT2D eigenvalue weighted by Crippen LogP contribution is -2.11. The lowest BCUT2D eigenvalue weighted by molar-refractivity contribution is 0.723. The Morgan fingerprint density at radius 1 is 1.44 bits per heavy atom. The maximum absolute atomic E-state index is 4.59. The van der Waals surface area contributed by atoms with Gasteiger partial charge >= 0.3 is 0 Å². The zero-order chi connectivity index (χ0) is 11.4. The number of aromatic nitrogens is 1. The first-order chi connectivity index (χ1) is 7.79. The van der Waals surface area contributed by atoms with Crippen LogP contribution in [0.1, 0.15) is 11.9 Å². The minimum Gasteiger partial charge on any atom is -0.311 e. The molecule has 0 unspecified atom stereocenters. The molecule has 0 aliphatic carbocycles. The first kappa shape index (κ1) is 11.8. The molecule has 0 saturated carbocycles. The lowest BCUT2D eigenvalue weighted by Gasteiger charge is -1.97. The van der Waals surface area contributed by atoms with Gasteiger partial charge in [0.15, 0.2) is 0 Å². The summed E-state index contributed by atoms with van der Waals surface area (Å²) in [5, 5.41) is 6.52. The molecule has 0 bridgehead atoms. The van der Waals surface area contributed by atoms with Gasteiger partial charge in [0.1, 0.15) is 5.01 Å². The van der Waals surface area contributed by atoms with Crippen LogP contribution in [-0.4, -0.2) is 11.5 Å². The van der Waals surface area contributed by atoms with Gasteiger partial charge < -0.3 is 5.32 Å². The average Bonchev–Trinajstić information content (AvgIpc) is 2.75. The molecule has 2 aromatic rings. The summed E-state index contributed by atoms with van der Waals surface area (Å²) in [5.41, 5.74) is 2.22. The van der Waals surface area contributed by atoms with Gasteiger partial charge in [-0.3, -0.25) is 0 Å². The van der Waals surface area contributed by atoms with Crippen molar-refractivity contribution in [1.29, 1.82) is 0 Å². The summed E-state index contributed by atoms with van der Waals surface area (Å²) in [4.78, 5) is 4.59. The second-order valence-electron chi connectivity index (χ2n) is 3.42. The quantitative estimate of drug-likeness (QED) is 0.931. The smallest absolute Gasteiger partial charge is 0.107 e. The van der Waals surface area contributed by atoms with Gasteiger partial charge in [0, 0.05) is 22.0 Å². The minimum absolute atomic E-state index is 0.856. The van der Waals surface area contributed by atoms with E-state index in [0.717, 1.165) is 33.8 Å². The topological polar surface area (TPSA) is 24.9 Å². The fourth-order valence-electron chi connectivity index (χ4n) is 1.40. The van der Waals surface area contributed by atoms with Crippen LogP contribution in [0.3, 0.4) is 0 Å². The molecular formula is C12H13BrN2S. The van der Waals surface area contributed by atoms with Gasteiger partial charge in [-0.1, -0.05) is 35.0 Å². The Morgan fingerprint density at radius 2 is 2.31 bits per heavy atom. The van der Waals surface area contributed by atoms with Crippen LogP contribution >= 0.6 is 27.3 Å². The monoisotopic (exact) mass is 296 g/mol. The Hall–Kier alpha value is -0.710. The van der Waals surface area contributed by atoms with Gasteiger partial charge in [-0.25, -0.2) is 4.98 Å². The number of nitrogens with zero attached hydrogens (tertiary/aromatic N) is 1. The summed E-state index contributed by atoms with van der Waals surface area (Å²) in [6.07, 6.45) is 0. The molecule has 0 fully saturated rings. The number of benzene rings is 1. The van der Waals surface area contributed by atoms with Gasteiger partial charge in [0.25, 0.3) is 0 Å². The van der Waals surface area contributed by atoms with E-state index < -0.39 is 0 Å². The van der Waals surface area contributed by atoms with Crippen molar-refractivity contribution in [3.05, 3.63) is 39.1 Å². The van der Waals surface area contributed by atoms with Crippen molar-refractivity contribution >= 4 is 27.3 Å². The van der Waals surface area contributed by atoms with Crippen molar-refractivity contribution in [3.8, 4) is 11.3 Å². The SMILES string of the molecule is CCNCc1nc(-c2cccc(Br)c2)cs1. The van der Waals surface area contributed by atoms with Crippen LogP contribution in [0.5, 0.6) is 0 Å². The highest BCUT2D eigenvalue weighted by molar-refractivity contribution is 9.10. The molecule has 1 N–H and O–H groups in total. The second-order valence-corrected chi connectivity index (χ2v) is 5.28. The Balaban J connectivity index is 2.18. The molecule has 1 aromatic carbocycles. The molecule has 16 heavy (non-hydrogen) atoms. The highest BCUT2D eigenvalue weighted by Gasteiger charge is 2.04. The Kier molecular flexibility index (Phi) is 4.09. The molecule has 0 spiro atoms. The molecule has 1 aromatic heterocycles. The minimum atomic E-state index is 0.856. The second kappa shape index (κ2) is 5.57. The molecular weight excluding hydrogens is 284 g/mol. The molecule has 2 nitrogen and oxygen atoms in total. The summed E-state index contributed by atoms with van der Waals surface area (Å²) in [5.74, 6) is 0. The maximum atomic E-state index is 4.59.